The molecule has 0 saturated carbocycles. The van der Waals surface area contributed by atoms with Crippen LogP contribution < -0.4 is 11.2 Å². The van der Waals surface area contributed by atoms with Crippen molar-refractivity contribution in [2.24, 2.45) is 5.10 Å². The molecule has 1 amide bonds. The van der Waals surface area contributed by atoms with Gasteiger partial charge in [-0.1, -0.05) is 19.1 Å². The molecule has 0 aliphatic carbocycles. The SMILES string of the molecule is CCN(CC)Cc1c(C(=O)NN=Cc2ccc(O)cc2)nnn1-c1nonc1N. The third-order valence-corrected chi connectivity index (χ3v) is 4.22. The van der Waals surface area contributed by atoms with Crippen molar-refractivity contribution in [2.45, 2.75) is 20.4 Å². The molecule has 0 fully saturated rings. The van der Waals surface area contributed by atoms with Gasteiger partial charge >= 0.3 is 0 Å². The molecule has 0 spiro atoms. The molecular formula is C17H21N9O3. The van der Waals surface area contributed by atoms with Gasteiger partial charge in [0, 0.05) is 6.54 Å². The molecule has 2 heterocycles. The number of benzene rings is 1. The van der Waals surface area contributed by atoms with Crippen LogP contribution in [0.3, 0.4) is 0 Å². The quantitative estimate of drug-likeness (QED) is 0.363. The van der Waals surface area contributed by atoms with Gasteiger partial charge in [-0.25, -0.2) is 10.1 Å². The normalized spacial score (nSPS) is 11.4. The van der Waals surface area contributed by atoms with Crippen LogP contribution in [-0.2, 0) is 6.54 Å². The first kappa shape index (κ1) is 19.9. The Balaban J connectivity index is 1.85. The van der Waals surface area contributed by atoms with E-state index in [9.17, 15) is 9.90 Å². The van der Waals surface area contributed by atoms with Crippen LogP contribution in [0.5, 0.6) is 5.75 Å². The van der Waals surface area contributed by atoms with Gasteiger partial charge in [-0.15, -0.1) is 5.10 Å². The molecule has 0 aliphatic rings. The maximum Gasteiger partial charge on any atom is 0.293 e. The van der Waals surface area contributed by atoms with Crippen molar-refractivity contribution in [1.29, 1.82) is 0 Å². The number of hydrazone groups is 1. The predicted molar refractivity (Wildman–Crippen MR) is 103 cm³/mol. The van der Waals surface area contributed by atoms with Crippen molar-refractivity contribution in [1.82, 2.24) is 35.6 Å². The molecule has 0 saturated heterocycles. The molecule has 3 aromatic rings. The minimum absolute atomic E-state index is 0.0352. The third kappa shape index (κ3) is 4.55. The number of phenolic OH excluding ortho intramolecular Hbond substituents is 1. The molecule has 0 unspecified atom stereocenters. The molecular weight excluding hydrogens is 378 g/mol. The van der Waals surface area contributed by atoms with Crippen LogP contribution in [0.15, 0.2) is 34.0 Å². The minimum atomic E-state index is -0.538. The summed E-state index contributed by atoms with van der Waals surface area (Å²) in [7, 11) is 0. The molecule has 12 heteroatoms. The highest BCUT2D eigenvalue weighted by molar-refractivity contribution is 5.94. The van der Waals surface area contributed by atoms with E-state index < -0.39 is 5.91 Å². The summed E-state index contributed by atoms with van der Waals surface area (Å²) in [6.07, 6.45) is 1.45. The molecule has 3 rings (SSSR count). The number of carbonyl (C=O) groups excluding carboxylic acids is 1. The first-order valence-electron chi connectivity index (χ1n) is 8.91. The molecule has 4 N–H and O–H groups in total. The van der Waals surface area contributed by atoms with Gasteiger partial charge in [0.15, 0.2) is 5.69 Å². The van der Waals surface area contributed by atoms with E-state index in [1.807, 2.05) is 13.8 Å². The smallest absolute Gasteiger partial charge is 0.293 e. The number of anilines is 1. The van der Waals surface area contributed by atoms with Crippen LogP contribution in [0.1, 0.15) is 35.6 Å². The van der Waals surface area contributed by atoms with Crippen LogP contribution in [0.25, 0.3) is 5.82 Å². The fourth-order valence-electron chi connectivity index (χ4n) is 2.57. The van der Waals surface area contributed by atoms with Crippen LogP contribution in [0, 0.1) is 0 Å². The number of nitrogens with two attached hydrogens (primary N) is 1. The predicted octanol–water partition coefficient (Wildman–Crippen LogP) is 0.544. The first-order valence-corrected chi connectivity index (χ1v) is 8.91. The summed E-state index contributed by atoms with van der Waals surface area (Å²) in [5, 5.41) is 28.5. The van der Waals surface area contributed by atoms with Gasteiger partial charge in [0.25, 0.3) is 5.91 Å². The number of nitrogen functional groups attached to an aromatic ring is 1. The number of aromatic nitrogens is 5. The van der Waals surface area contributed by atoms with Crippen LogP contribution >= 0.6 is 0 Å². The number of carbonyl (C=O) groups is 1. The Labute approximate surface area is 166 Å². The van der Waals surface area contributed by atoms with E-state index in [1.54, 1.807) is 12.1 Å². The zero-order chi connectivity index (χ0) is 20.8. The highest BCUT2D eigenvalue weighted by atomic mass is 16.6. The lowest BCUT2D eigenvalue weighted by Crippen LogP contribution is -2.27. The summed E-state index contributed by atoms with van der Waals surface area (Å²) >= 11 is 0. The zero-order valence-electron chi connectivity index (χ0n) is 16.0. The largest absolute Gasteiger partial charge is 0.508 e. The number of nitrogens with zero attached hydrogens (tertiary/aromatic N) is 7. The molecule has 2 aromatic heterocycles. The fourth-order valence-corrected chi connectivity index (χ4v) is 2.57. The molecule has 0 radical (unpaired) electrons. The summed E-state index contributed by atoms with van der Waals surface area (Å²) in [6.45, 7) is 5.91. The van der Waals surface area contributed by atoms with Crippen LogP contribution in [0.4, 0.5) is 5.82 Å². The number of phenols is 1. The topological polar surface area (TPSA) is 161 Å². The average molecular weight is 399 g/mol. The second-order valence-corrected chi connectivity index (χ2v) is 6.02. The van der Waals surface area contributed by atoms with Gasteiger partial charge in [-0.3, -0.25) is 9.69 Å². The van der Waals surface area contributed by atoms with Gasteiger partial charge in [0.05, 0.1) is 11.9 Å². The Morgan fingerprint density at radius 2 is 2.03 bits per heavy atom. The number of hydrogen-bond donors (Lipinski definition) is 3. The monoisotopic (exact) mass is 399 g/mol. The second-order valence-electron chi connectivity index (χ2n) is 6.02. The van der Waals surface area contributed by atoms with Gasteiger partial charge in [-0.2, -0.15) is 9.78 Å². The molecule has 1 aromatic carbocycles. The minimum Gasteiger partial charge on any atom is -0.508 e. The van der Waals surface area contributed by atoms with Crippen molar-refractivity contribution >= 4 is 17.9 Å². The van der Waals surface area contributed by atoms with E-state index in [2.05, 4.69) is 40.7 Å². The zero-order valence-corrected chi connectivity index (χ0v) is 16.0. The van der Waals surface area contributed by atoms with Gasteiger partial charge in [0.1, 0.15) is 5.75 Å². The molecule has 0 atom stereocenters. The summed E-state index contributed by atoms with van der Waals surface area (Å²) in [5.74, 6) is -0.201. The Morgan fingerprint density at radius 3 is 2.66 bits per heavy atom. The Bertz CT molecular complexity index is 990. The number of amides is 1. The van der Waals surface area contributed by atoms with E-state index in [4.69, 9.17) is 5.73 Å². The van der Waals surface area contributed by atoms with Crippen LogP contribution in [-0.4, -0.2) is 60.5 Å². The van der Waals surface area contributed by atoms with E-state index in [0.717, 1.165) is 13.1 Å². The van der Waals surface area contributed by atoms with E-state index in [-0.39, 0.29) is 23.1 Å². The highest BCUT2D eigenvalue weighted by Crippen LogP contribution is 2.17. The number of aromatic hydroxyl groups is 1. The first-order chi connectivity index (χ1) is 14.0. The van der Waals surface area contributed by atoms with E-state index in [0.29, 0.717) is 17.8 Å². The molecule has 12 nitrogen and oxygen atoms in total. The lowest BCUT2D eigenvalue weighted by Gasteiger charge is -2.18. The Morgan fingerprint density at radius 1 is 1.31 bits per heavy atom. The number of rotatable bonds is 8. The van der Waals surface area contributed by atoms with Gasteiger partial charge in [0.2, 0.25) is 11.6 Å². The van der Waals surface area contributed by atoms with Crippen molar-refractivity contribution in [2.75, 3.05) is 18.8 Å². The molecule has 0 bridgehead atoms. The standard InChI is InChI=1S/C17H21N9O3/c1-3-25(4-2)10-13-14(20-24-26(13)16-15(18)22-29-23-16)17(28)21-19-9-11-5-7-12(27)8-6-11/h5-9,27H,3-4,10H2,1-2H3,(H2,18,22)(H,21,28). The Hall–Kier alpha value is -3.80. The van der Waals surface area contributed by atoms with Crippen molar-refractivity contribution in [3.05, 3.63) is 41.2 Å². The van der Waals surface area contributed by atoms with E-state index in [1.165, 1.54) is 23.0 Å². The second kappa shape index (κ2) is 8.93. The maximum absolute atomic E-state index is 12.6. The summed E-state index contributed by atoms with van der Waals surface area (Å²) < 4.78 is 5.97. The van der Waals surface area contributed by atoms with Crippen molar-refractivity contribution < 1.29 is 14.5 Å². The lowest BCUT2D eigenvalue weighted by atomic mass is 10.2. The fraction of sp³-hybridized carbons (Fsp3) is 0.294. The lowest BCUT2D eigenvalue weighted by molar-refractivity contribution is 0.0948. The van der Waals surface area contributed by atoms with Gasteiger partial charge < -0.3 is 10.8 Å². The molecule has 29 heavy (non-hydrogen) atoms. The van der Waals surface area contributed by atoms with Gasteiger partial charge in [-0.05, 0) is 53.2 Å². The number of nitrogens with one attached hydrogen (secondary N) is 1. The summed E-state index contributed by atoms with van der Waals surface area (Å²) in [4.78, 5) is 14.7. The molecule has 152 valence electrons. The van der Waals surface area contributed by atoms with E-state index >= 15 is 0 Å². The van der Waals surface area contributed by atoms with Crippen LogP contribution in [0.2, 0.25) is 0 Å². The number of hydrogen-bond acceptors (Lipinski definition) is 10. The highest BCUT2D eigenvalue weighted by Gasteiger charge is 2.24. The average Bonchev–Trinajstić information content (AvgIpc) is 3.33. The summed E-state index contributed by atoms with van der Waals surface area (Å²) in [6, 6.07) is 6.36. The van der Waals surface area contributed by atoms with Crippen molar-refractivity contribution in [3.8, 4) is 11.6 Å². The molecule has 0 aliphatic heterocycles. The Kier molecular flexibility index (Phi) is 6.14. The summed E-state index contributed by atoms with van der Waals surface area (Å²) in [5.41, 5.74) is 9.46. The van der Waals surface area contributed by atoms with Crippen molar-refractivity contribution in [3.63, 3.8) is 0 Å². The third-order valence-electron chi connectivity index (χ3n) is 4.22. The maximum atomic E-state index is 12.6.